The SMILES string of the molecule is CC/C=C\C/C=C\C/C=C\C/C=C\C/C=C\C/C=C\CCC(=O)OCC(COP(=O)(O)OCC(O)COP(=O)(O)OCC(COC(=O)CCCC/C=C\C/C=C\C/C=C\C/C=C\CC)OC(=O)CCCCCCCCCCCCCCC)OC(=O)CCCCCCC/C=C\CCCCCC. The van der Waals surface area contributed by atoms with Gasteiger partial charge in [-0.25, -0.2) is 9.13 Å². The van der Waals surface area contributed by atoms with E-state index in [4.69, 9.17) is 37.0 Å². The molecule has 100 heavy (non-hydrogen) atoms. The van der Waals surface area contributed by atoms with E-state index in [0.29, 0.717) is 32.1 Å². The summed E-state index contributed by atoms with van der Waals surface area (Å²) in [7, 11) is -9.98. The molecule has 0 amide bonds. The number of carbonyl (C=O) groups is 4. The first kappa shape index (κ1) is 95.2. The Balaban J connectivity index is 5.43. The van der Waals surface area contributed by atoms with Gasteiger partial charge in [0.1, 0.15) is 19.3 Å². The van der Waals surface area contributed by atoms with Crippen LogP contribution in [0, 0.1) is 0 Å². The van der Waals surface area contributed by atoms with Gasteiger partial charge in [0.2, 0.25) is 0 Å². The van der Waals surface area contributed by atoms with Crippen LogP contribution in [-0.4, -0.2) is 96.7 Å². The van der Waals surface area contributed by atoms with Crippen LogP contribution in [-0.2, 0) is 65.4 Å². The van der Waals surface area contributed by atoms with Crippen LogP contribution in [0.15, 0.2) is 134 Å². The third-order valence-corrected chi connectivity index (χ3v) is 17.5. The van der Waals surface area contributed by atoms with Gasteiger partial charge in [0.15, 0.2) is 12.2 Å². The molecule has 0 radical (unpaired) electrons. The van der Waals surface area contributed by atoms with Crippen LogP contribution in [0.2, 0.25) is 0 Å². The van der Waals surface area contributed by atoms with Crippen LogP contribution in [0.5, 0.6) is 0 Å². The third-order valence-electron chi connectivity index (χ3n) is 15.6. The van der Waals surface area contributed by atoms with Gasteiger partial charge in [-0.2, -0.15) is 0 Å². The Hall–Kier alpha value is -4.80. The van der Waals surface area contributed by atoms with Gasteiger partial charge in [0, 0.05) is 25.7 Å². The molecule has 0 rings (SSSR count). The molecule has 0 saturated carbocycles. The third kappa shape index (κ3) is 71.6. The fourth-order valence-electron chi connectivity index (χ4n) is 9.82. The number of aliphatic hydroxyl groups excluding tert-OH is 1. The van der Waals surface area contributed by atoms with Gasteiger partial charge in [-0.3, -0.25) is 37.3 Å². The number of ether oxygens (including phenoxy) is 4. The van der Waals surface area contributed by atoms with E-state index in [1.54, 1.807) is 0 Å². The Kier molecular flexibility index (Phi) is 69.1. The second-order valence-corrected chi connectivity index (χ2v) is 28.1. The van der Waals surface area contributed by atoms with Gasteiger partial charge in [0.05, 0.1) is 26.4 Å². The zero-order chi connectivity index (χ0) is 73.2. The number of rotatable bonds is 71. The molecule has 0 spiro atoms. The molecule has 19 heteroatoms. The maximum atomic E-state index is 13.1. The number of unbranched alkanes of at least 4 members (excludes halogenated alkanes) is 23. The number of phosphoric ester groups is 2. The molecule has 0 aliphatic rings. The molecule has 0 saturated heterocycles. The zero-order valence-corrected chi connectivity index (χ0v) is 64.1. The first-order valence-electron chi connectivity index (χ1n) is 38.4. The number of phosphoric acid groups is 2. The molecule has 5 atom stereocenters. The average molecular weight is 1440 g/mol. The normalized spacial score (nSPS) is 14.7. The monoisotopic (exact) mass is 1440 g/mol. The Bertz CT molecular complexity index is 2420. The van der Waals surface area contributed by atoms with Gasteiger partial charge >= 0.3 is 39.5 Å². The zero-order valence-electron chi connectivity index (χ0n) is 62.3. The Morgan fingerprint density at radius 3 is 0.900 bits per heavy atom. The Morgan fingerprint density at radius 1 is 0.290 bits per heavy atom. The molecular formula is C81H136O17P2. The molecular weight excluding hydrogens is 1310 g/mol. The number of aliphatic hydroxyl groups is 1. The summed E-state index contributed by atoms with van der Waals surface area (Å²) < 4.78 is 68.3. The molecule has 0 aromatic carbocycles. The van der Waals surface area contributed by atoms with E-state index in [1.165, 1.54) is 77.0 Å². The number of esters is 4. The average Bonchev–Trinajstić information content (AvgIpc) is 0.935. The van der Waals surface area contributed by atoms with Gasteiger partial charge in [0.25, 0.3) is 0 Å². The fourth-order valence-corrected chi connectivity index (χ4v) is 11.4. The predicted molar refractivity (Wildman–Crippen MR) is 408 cm³/mol. The summed E-state index contributed by atoms with van der Waals surface area (Å²) in [6, 6.07) is 0. The van der Waals surface area contributed by atoms with Gasteiger partial charge in [-0.15, -0.1) is 0 Å². The maximum Gasteiger partial charge on any atom is 0.472 e. The van der Waals surface area contributed by atoms with Crippen molar-refractivity contribution in [2.24, 2.45) is 0 Å². The van der Waals surface area contributed by atoms with Crippen molar-refractivity contribution in [2.75, 3.05) is 39.6 Å². The molecule has 0 bridgehead atoms. The van der Waals surface area contributed by atoms with Crippen molar-refractivity contribution in [3.63, 3.8) is 0 Å². The van der Waals surface area contributed by atoms with E-state index in [0.717, 1.165) is 135 Å². The summed E-state index contributed by atoms with van der Waals surface area (Å²) in [5.74, 6) is -2.33. The van der Waals surface area contributed by atoms with Crippen molar-refractivity contribution in [1.29, 1.82) is 0 Å². The van der Waals surface area contributed by atoms with Crippen molar-refractivity contribution < 1.29 is 80.2 Å². The van der Waals surface area contributed by atoms with Gasteiger partial charge < -0.3 is 33.8 Å². The lowest BCUT2D eigenvalue weighted by Crippen LogP contribution is -2.30. The summed E-state index contributed by atoms with van der Waals surface area (Å²) in [6.45, 7) is 4.49. The van der Waals surface area contributed by atoms with Crippen LogP contribution >= 0.6 is 15.6 Å². The van der Waals surface area contributed by atoms with E-state index < -0.39 is 97.5 Å². The second kappa shape index (κ2) is 72.5. The van der Waals surface area contributed by atoms with Crippen LogP contribution in [0.1, 0.15) is 297 Å². The smallest absolute Gasteiger partial charge is 0.462 e. The lowest BCUT2D eigenvalue weighted by atomic mass is 10.0. The summed E-state index contributed by atoms with van der Waals surface area (Å²) in [5, 5.41) is 10.6. The van der Waals surface area contributed by atoms with E-state index in [1.807, 2.05) is 18.2 Å². The minimum Gasteiger partial charge on any atom is -0.462 e. The summed E-state index contributed by atoms with van der Waals surface area (Å²) in [5.41, 5.74) is 0. The molecule has 0 heterocycles. The Labute approximate surface area is 605 Å². The first-order chi connectivity index (χ1) is 48.7. The van der Waals surface area contributed by atoms with Crippen LogP contribution in [0.3, 0.4) is 0 Å². The number of allylic oxidation sites excluding steroid dienone is 22. The van der Waals surface area contributed by atoms with Crippen molar-refractivity contribution >= 4 is 39.5 Å². The van der Waals surface area contributed by atoms with Crippen molar-refractivity contribution in [2.45, 2.75) is 316 Å². The largest absolute Gasteiger partial charge is 0.472 e. The molecule has 3 N–H and O–H groups in total. The maximum absolute atomic E-state index is 13.1. The van der Waals surface area contributed by atoms with E-state index in [2.05, 4.69) is 143 Å². The highest BCUT2D eigenvalue weighted by Crippen LogP contribution is 2.45. The molecule has 0 aromatic heterocycles. The molecule has 0 aliphatic carbocycles. The van der Waals surface area contributed by atoms with Crippen LogP contribution in [0.25, 0.3) is 0 Å². The summed E-state index contributed by atoms with van der Waals surface area (Å²) >= 11 is 0. The molecule has 0 aliphatic heterocycles. The van der Waals surface area contributed by atoms with Crippen molar-refractivity contribution in [3.05, 3.63) is 134 Å². The highest BCUT2D eigenvalue weighted by Gasteiger charge is 2.30. The molecule has 17 nitrogen and oxygen atoms in total. The first-order valence-corrected chi connectivity index (χ1v) is 41.4. The molecule has 572 valence electrons. The van der Waals surface area contributed by atoms with E-state index in [-0.39, 0.29) is 25.7 Å². The fraction of sp³-hybridized carbons (Fsp3) is 0.679. The van der Waals surface area contributed by atoms with Crippen LogP contribution < -0.4 is 0 Å². The lowest BCUT2D eigenvalue weighted by Gasteiger charge is -2.21. The highest BCUT2D eigenvalue weighted by molar-refractivity contribution is 7.47. The van der Waals surface area contributed by atoms with E-state index in [9.17, 15) is 43.2 Å². The Morgan fingerprint density at radius 2 is 0.540 bits per heavy atom. The second-order valence-electron chi connectivity index (χ2n) is 25.2. The summed E-state index contributed by atoms with van der Waals surface area (Å²) in [6.07, 6.45) is 80.3. The number of hydrogen-bond acceptors (Lipinski definition) is 15. The van der Waals surface area contributed by atoms with E-state index >= 15 is 0 Å². The van der Waals surface area contributed by atoms with Crippen LogP contribution in [0.4, 0.5) is 0 Å². The molecule has 0 aromatic rings. The minimum absolute atomic E-state index is 0.0316. The highest BCUT2D eigenvalue weighted by atomic mass is 31.2. The standard InChI is InChI=1S/C81H136O17P2/c1-5-9-13-17-21-25-29-33-35-36-37-38-40-44-46-50-54-58-62-66-79(84)92-72-77(98-81(86)68-64-60-56-52-48-42-32-28-24-20-16-12-8-4)74-96-100(89,90)94-70-75(82)69-93-99(87,88)95-73-76(97-80(85)67-63-59-55-51-47-41-31-27-23-19-15-11-7-3)71-91-78(83)65-61-57-53-49-45-43-39-34-30-26-22-18-14-10-6-2/h9-10,13-14,21-22,25-26,28,32-35,37-39,44-46,49,54,58,75-77,82H,5-8,11-12,15-20,23-24,27,29-31,36,40-43,47-48,50-53,55-57,59-74H2,1-4H3,(H,87,88)(H,89,90)/b13-9-,14-10-,25-21-,26-22-,32-28-,35-33-,38-37-,39-34-,46-44-,49-45-,58-54-. The summed E-state index contributed by atoms with van der Waals surface area (Å²) in [4.78, 5) is 72.8. The molecule has 0 fully saturated rings. The minimum atomic E-state index is -5.00. The van der Waals surface area contributed by atoms with Gasteiger partial charge in [-0.1, -0.05) is 277 Å². The quantitative estimate of drug-likeness (QED) is 0.0169. The van der Waals surface area contributed by atoms with Crippen molar-refractivity contribution in [3.8, 4) is 0 Å². The number of carbonyl (C=O) groups excluding carboxylic acids is 4. The predicted octanol–water partition coefficient (Wildman–Crippen LogP) is 22.1. The van der Waals surface area contributed by atoms with Gasteiger partial charge in [-0.05, 0) is 128 Å². The van der Waals surface area contributed by atoms with Crippen molar-refractivity contribution in [1.82, 2.24) is 0 Å². The number of hydrogen-bond donors (Lipinski definition) is 3. The molecule has 5 unspecified atom stereocenters. The topological polar surface area (TPSA) is 237 Å². The lowest BCUT2D eigenvalue weighted by molar-refractivity contribution is -0.161.